The molecular formula is C10H19N3O. The molecule has 80 valence electrons. The van der Waals surface area contributed by atoms with E-state index >= 15 is 0 Å². The first-order chi connectivity index (χ1) is 6.76. The molecule has 2 unspecified atom stereocenters. The first kappa shape index (κ1) is 11.4. The van der Waals surface area contributed by atoms with Crippen LogP contribution in [0.25, 0.3) is 0 Å². The third kappa shape index (κ3) is 3.62. The third-order valence-corrected chi connectivity index (χ3v) is 2.42. The van der Waals surface area contributed by atoms with E-state index in [1.54, 1.807) is 0 Å². The van der Waals surface area contributed by atoms with Crippen molar-refractivity contribution in [1.82, 2.24) is 10.2 Å². The smallest absolute Gasteiger partial charge is 0.156 e. The van der Waals surface area contributed by atoms with E-state index in [4.69, 9.17) is 10.00 Å². The summed E-state index contributed by atoms with van der Waals surface area (Å²) in [7, 11) is 1.97. The number of nitriles is 1. The SMILES string of the molecule is CNCC(C)CN1CCOC(C#N)C1. The van der Waals surface area contributed by atoms with Gasteiger partial charge in [-0.1, -0.05) is 6.92 Å². The van der Waals surface area contributed by atoms with Crippen molar-refractivity contribution < 1.29 is 4.74 Å². The Hall–Kier alpha value is -0.630. The summed E-state index contributed by atoms with van der Waals surface area (Å²) in [6.07, 6.45) is -0.231. The number of nitrogens with zero attached hydrogens (tertiary/aromatic N) is 2. The van der Waals surface area contributed by atoms with Crippen LogP contribution in [0.5, 0.6) is 0 Å². The average molecular weight is 197 g/mol. The predicted octanol–water partition coefficient (Wildman–Crippen LogP) is 0.0663. The van der Waals surface area contributed by atoms with Crippen molar-refractivity contribution in [3.8, 4) is 6.07 Å². The fourth-order valence-electron chi connectivity index (χ4n) is 1.80. The molecule has 2 atom stereocenters. The highest BCUT2D eigenvalue weighted by Crippen LogP contribution is 2.06. The van der Waals surface area contributed by atoms with Gasteiger partial charge in [0.15, 0.2) is 6.10 Å². The standard InChI is InChI=1S/C10H19N3O/c1-9(6-12-2)7-13-3-4-14-10(5-11)8-13/h9-10,12H,3-4,6-8H2,1-2H3. The fraction of sp³-hybridized carbons (Fsp3) is 0.900. The van der Waals surface area contributed by atoms with Crippen LogP contribution < -0.4 is 5.32 Å². The third-order valence-electron chi connectivity index (χ3n) is 2.42. The van der Waals surface area contributed by atoms with Gasteiger partial charge in [0.05, 0.1) is 12.7 Å². The quantitative estimate of drug-likeness (QED) is 0.692. The molecule has 4 nitrogen and oxygen atoms in total. The Morgan fingerprint density at radius 1 is 1.71 bits per heavy atom. The fourth-order valence-corrected chi connectivity index (χ4v) is 1.80. The molecule has 1 aliphatic heterocycles. The average Bonchev–Trinajstić information content (AvgIpc) is 2.18. The van der Waals surface area contributed by atoms with Gasteiger partial charge in [-0.3, -0.25) is 4.90 Å². The Bertz CT molecular complexity index is 202. The van der Waals surface area contributed by atoms with Crippen molar-refractivity contribution in [2.45, 2.75) is 13.0 Å². The van der Waals surface area contributed by atoms with E-state index in [1.807, 2.05) is 7.05 Å². The predicted molar refractivity (Wildman–Crippen MR) is 54.9 cm³/mol. The summed E-state index contributed by atoms with van der Waals surface area (Å²) in [5.74, 6) is 0.623. The summed E-state index contributed by atoms with van der Waals surface area (Å²) in [5.41, 5.74) is 0. The van der Waals surface area contributed by atoms with Crippen molar-refractivity contribution in [1.29, 1.82) is 5.26 Å². The van der Waals surface area contributed by atoms with Crippen LogP contribution in [-0.2, 0) is 4.74 Å². The van der Waals surface area contributed by atoms with E-state index in [0.717, 1.165) is 26.2 Å². The first-order valence-electron chi connectivity index (χ1n) is 5.14. The van der Waals surface area contributed by atoms with Crippen molar-refractivity contribution >= 4 is 0 Å². The van der Waals surface area contributed by atoms with E-state index in [0.29, 0.717) is 12.5 Å². The van der Waals surface area contributed by atoms with Crippen molar-refractivity contribution in [3.05, 3.63) is 0 Å². The molecule has 1 fully saturated rings. The van der Waals surface area contributed by atoms with Gasteiger partial charge in [-0.15, -0.1) is 0 Å². The molecule has 1 N–H and O–H groups in total. The zero-order chi connectivity index (χ0) is 10.4. The summed E-state index contributed by atoms with van der Waals surface area (Å²) in [5, 5.41) is 11.9. The maximum absolute atomic E-state index is 8.73. The zero-order valence-electron chi connectivity index (χ0n) is 8.99. The molecule has 0 aromatic heterocycles. The lowest BCUT2D eigenvalue weighted by atomic mass is 10.1. The van der Waals surface area contributed by atoms with Gasteiger partial charge in [0.25, 0.3) is 0 Å². The second kappa shape index (κ2) is 5.97. The molecule has 14 heavy (non-hydrogen) atoms. The minimum absolute atomic E-state index is 0.231. The first-order valence-corrected chi connectivity index (χ1v) is 5.14. The summed E-state index contributed by atoms with van der Waals surface area (Å²) < 4.78 is 5.28. The van der Waals surface area contributed by atoms with Crippen molar-refractivity contribution in [3.63, 3.8) is 0 Å². The van der Waals surface area contributed by atoms with Crippen LogP contribution in [0.1, 0.15) is 6.92 Å². The molecule has 0 saturated carbocycles. The lowest BCUT2D eigenvalue weighted by Crippen LogP contribution is -2.44. The highest BCUT2D eigenvalue weighted by atomic mass is 16.5. The van der Waals surface area contributed by atoms with Crippen LogP contribution in [0.4, 0.5) is 0 Å². The van der Waals surface area contributed by atoms with Gasteiger partial charge in [-0.25, -0.2) is 0 Å². The molecule has 0 amide bonds. The number of rotatable bonds is 4. The van der Waals surface area contributed by atoms with Crippen molar-refractivity contribution in [2.75, 3.05) is 39.8 Å². The molecule has 4 heteroatoms. The second-order valence-electron chi connectivity index (χ2n) is 3.91. The number of ether oxygens (including phenoxy) is 1. The highest BCUT2D eigenvalue weighted by Gasteiger charge is 2.20. The zero-order valence-corrected chi connectivity index (χ0v) is 8.99. The molecule has 0 aliphatic carbocycles. The van der Waals surface area contributed by atoms with Gasteiger partial charge in [-0.2, -0.15) is 5.26 Å². The van der Waals surface area contributed by atoms with Gasteiger partial charge in [0.1, 0.15) is 0 Å². The maximum Gasteiger partial charge on any atom is 0.156 e. The minimum atomic E-state index is -0.231. The number of nitrogens with one attached hydrogen (secondary N) is 1. The van der Waals surface area contributed by atoms with Gasteiger partial charge in [0.2, 0.25) is 0 Å². The molecule has 0 bridgehead atoms. The largest absolute Gasteiger partial charge is 0.361 e. The lowest BCUT2D eigenvalue weighted by Gasteiger charge is -2.31. The summed E-state index contributed by atoms with van der Waals surface area (Å²) in [6, 6.07) is 2.16. The Balaban J connectivity index is 2.27. The maximum atomic E-state index is 8.73. The molecule has 1 heterocycles. The molecule has 1 aliphatic rings. The molecule has 1 saturated heterocycles. The van der Waals surface area contributed by atoms with Gasteiger partial charge >= 0.3 is 0 Å². The van der Waals surface area contributed by atoms with Crippen LogP contribution in [0, 0.1) is 17.2 Å². The number of hydrogen-bond acceptors (Lipinski definition) is 4. The monoisotopic (exact) mass is 197 g/mol. The lowest BCUT2D eigenvalue weighted by molar-refractivity contribution is -0.00403. The molecule has 0 spiro atoms. The summed E-state index contributed by atoms with van der Waals surface area (Å²) in [4.78, 5) is 2.30. The van der Waals surface area contributed by atoms with Crippen LogP contribution in [0.2, 0.25) is 0 Å². The summed E-state index contributed by atoms with van der Waals surface area (Å²) in [6.45, 7) is 6.67. The Labute approximate surface area is 85.8 Å². The molecular weight excluding hydrogens is 178 g/mol. The van der Waals surface area contributed by atoms with Crippen LogP contribution >= 0.6 is 0 Å². The van der Waals surface area contributed by atoms with E-state index in [-0.39, 0.29) is 6.10 Å². The van der Waals surface area contributed by atoms with Gasteiger partial charge < -0.3 is 10.1 Å². The van der Waals surface area contributed by atoms with E-state index in [2.05, 4.69) is 23.2 Å². The second-order valence-corrected chi connectivity index (χ2v) is 3.91. The van der Waals surface area contributed by atoms with Crippen LogP contribution in [0.3, 0.4) is 0 Å². The Morgan fingerprint density at radius 3 is 3.14 bits per heavy atom. The Morgan fingerprint density at radius 2 is 2.50 bits per heavy atom. The van der Waals surface area contributed by atoms with Crippen LogP contribution in [0.15, 0.2) is 0 Å². The molecule has 0 radical (unpaired) electrons. The number of hydrogen-bond donors (Lipinski definition) is 1. The van der Waals surface area contributed by atoms with Gasteiger partial charge in [-0.05, 0) is 19.5 Å². The van der Waals surface area contributed by atoms with Crippen LogP contribution in [-0.4, -0.2) is 50.8 Å². The topological polar surface area (TPSA) is 48.3 Å². The van der Waals surface area contributed by atoms with Gasteiger partial charge in [0, 0.05) is 19.6 Å². The van der Waals surface area contributed by atoms with E-state index < -0.39 is 0 Å². The van der Waals surface area contributed by atoms with E-state index in [1.165, 1.54) is 0 Å². The molecule has 1 rings (SSSR count). The molecule has 0 aromatic rings. The van der Waals surface area contributed by atoms with E-state index in [9.17, 15) is 0 Å². The highest BCUT2D eigenvalue weighted by molar-refractivity contribution is 4.89. The minimum Gasteiger partial charge on any atom is -0.361 e. The molecule has 0 aromatic carbocycles. The number of morpholine rings is 1. The normalized spacial score (nSPS) is 25.6. The summed E-state index contributed by atoms with van der Waals surface area (Å²) >= 11 is 0. The van der Waals surface area contributed by atoms with Crippen molar-refractivity contribution in [2.24, 2.45) is 5.92 Å². The Kier molecular flexibility index (Phi) is 4.88.